The zero-order valence-electron chi connectivity index (χ0n) is 12.8. The van der Waals surface area contributed by atoms with Crippen molar-refractivity contribution in [1.82, 2.24) is 10.2 Å². The Labute approximate surface area is 133 Å². The van der Waals surface area contributed by atoms with Gasteiger partial charge in [-0.05, 0) is 29.7 Å². The van der Waals surface area contributed by atoms with Crippen LogP contribution in [0.15, 0.2) is 54.6 Å². The first-order valence-corrected chi connectivity index (χ1v) is 7.51. The lowest BCUT2D eigenvalue weighted by Gasteiger charge is -2.25. The minimum Gasteiger partial charge on any atom is -0.319 e. The Hall–Kier alpha value is -2.69. The summed E-state index contributed by atoms with van der Waals surface area (Å²) in [5, 5.41) is 2.81. The van der Waals surface area contributed by atoms with Crippen molar-refractivity contribution in [1.29, 1.82) is 0 Å². The zero-order valence-corrected chi connectivity index (χ0v) is 12.8. The van der Waals surface area contributed by atoms with Crippen LogP contribution >= 0.6 is 0 Å². The van der Waals surface area contributed by atoms with E-state index in [-0.39, 0.29) is 18.3 Å². The molecule has 1 atom stereocenters. The van der Waals surface area contributed by atoms with Crippen molar-refractivity contribution in [2.45, 2.75) is 25.4 Å². The van der Waals surface area contributed by atoms with Gasteiger partial charge in [-0.25, -0.2) is 9.18 Å². The fourth-order valence-electron chi connectivity index (χ4n) is 2.95. The molecule has 0 bridgehead atoms. The van der Waals surface area contributed by atoms with Gasteiger partial charge in [0.15, 0.2) is 0 Å². The second kappa shape index (κ2) is 5.83. The maximum Gasteiger partial charge on any atom is 0.325 e. The molecule has 0 aromatic heterocycles. The summed E-state index contributed by atoms with van der Waals surface area (Å²) < 4.78 is 13.3. The number of carbonyl (C=O) groups excluding carboxylic acids is 2. The Morgan fingerprint density at radius 1 is 1.09 bits per heavy atom. The first-order valence-electron chi connectivity index (χ1n) is 7.51. The summed E-state index contributed by atoms with van der Waals surface area (Å²) >= 11 is 0. The molecule has 1 aliphatic rings. The van der Waals surface area contributed by atoms with E-state index >= 15 is 0 Å². The van der Waals surface area contributed by atoms with Crippen LogP contribution in [0.2, 0.25) is 0 Å². The molecule has 1 fully saturated rings. The highest BCUT2D eigenvalue weighted by atomic mass is 19.1. The van der Waals surface area contributed by atoms with Crippen molar-refractivity contribution in [2.75, 3.05) is 0 Å². The van der Waals surface area contributed by atoms with E-state index in [9.17, 15) is 14.0 Å². The molecule has 1 aliphatic heterocycles. The number of nitrogens with one attached hydrogen (secondary N) is 1. The normalized spacial score (nSPS) is 20.7. The van der Waals surface area contributed by atoms with Crippen LogP contribution < -0.4 is 5.32 Å². The Balaban J connectivity index is 1.93. The average molecular weight is 312 g/mol. The van der Waals surface area contributed by atoms with Gasteiger partial charge in [0.25, 0.3) is 5.91 Å². The molecule has 1 N–H and O–H groups in total. The topological polar surface area (TPSA) is 49.4 Å². The van der Waals surface area contributed by atoms with Crippen molar-refractivity contribution in [3.63, 3.8) is 0 Å². The Kier molecular flexibility index (Phi) is 3.86. The third-order valence-electron chi connectivity index (χ3n) is 4.20. The van der Waals surface area contributed by atoms with E-state index in [0.29, 0.717) is 12.0 Å². The van der Waals surface area contributed by atoms with E-state index in [2.05, 4.69) is 5.32 Å². The average Bonchev–Trinajstić information content (AvgIpc) is 2.81. The largest absolute Gasteiger partial charge is 0.325 e. The number of imide groups is 1. The molecule has 0 unspecified atom stereocenters. The highest BCUT2D eigenvalue weighted by Crippen LogP contribution is 2.33. The molecule has 0 radical (unpaired) electrons. The molecule has 3 amide bonds. The SMILES string of the molecule is CC[C@@]1(c2ccccc2)NC(=O)N(Cc2cccc(F)c2)C1=O. The second-order valence-electron chi connectivity index (χ2n) is 5.58. The molecular weight excluding hydrogens is 295 g/mol. The van der Waals surface area contributed by atoms with Gasteiger partial charge in [0.05, 0.1) is 6.54 Å². The summed E-state index contributed by atoms with van der Waals surface area (Å²) in [5.41, 5.74) is 0.280. The van der Waals surface area contributed by atoms with Gasteiger partial charge in [0, 0.05) is 0 Å². The van der Waals surface area contributed by atoms with Gasteiger partial charge >= 0.3 is 6.03 Å². The highest BCUT2D eigenvalue weighted by molar-refractivity contribution is 6.07. The lowest BCUT2D eigenvalue weighted by atomic mass is 9.87. The first-order chi connectivity index (χ1) is 11.1. The van der Waals surface area contributed by atoms with Gasteiger partial charge < -0.3 is 5.32 Å². The summed E-state index contributed by atoms with van der Waals surface area (Å²) in [6.07, 6.45) is 0.446. The van der Waals surface area contributed by atoms with Crippen molar-refractivity contribution in [2.24, 2.45) is 0 Å². The third kappa shape index (κ3) is 2.59. The number of benzene rings is 2. The van der Waals surface area contributed by atoms with Crippen molar-refractivity contribution < 1.29 is 14.0 Å². The van der Waals surface area contributed by atoms with Crippen molar-refractivity contribution in [3.8, 4) is 0 Å². The molecular formula is C18H17FN2O2. The maximum absolute atomic E-state index is 13.3. The van der Waals surface area contributed by atoms with Crippen LogP contribution in [-0.4, -0.2) is 16.8 Å². The molecule has 1 heterocycles. The Bertz CT molecular complexity index is 748. The number of amides is 3. The molecule has 0 aliphatic carbocycles. The summed E-state index contributed by atoms with van der Waals surface area (Å²) in [5.74, 6) is -0.695. The van der Waals surface area contributed by atoms with Crippen LogP contribution in [0, 0.1) is 5.82 Å². The zero-order chi connectivity index (χ0) is 16.4. The number of urea groups is 1. The molecule has 0 spiro atoms. The summed E-state index contributed by atoms with van der Waals surface area (Å²) in [7, 11) is 0. The van der Waals surface area contributed by atoms with Crippen LogP contribution in [0.25, 0.3) is 0 Å². The molecule has 118 valence electrons. The molecule has 23 heavy (non-hydrogen) atoms. The number of nitrogens with zero attached hydrogens (tertiary/aromatic N) is 1. The number of rotatable bonds is 4. The molecule has 1 saturated heterocycles. The van der Waals surface area contributed by atoms with Gasteiger partial charge in [0.2, 0.25) is 0 Å². The molecule has 2 aromatic carbocycles. The van der Waals surface area contributed by atoms with Gasteiger partial charge in [-0.3, -0.25) is 9.69 Å². The van der Waals surface area contributed by atoms with Crippen LogP contribution in [0.4, 0.5) is 9.18 Å². The number of carbonyl (C=O) groups is 2. The van der Waals surface area contributed by atoms with E-state index in [0.717, 1.165) is 10.5 Å². The van der Waals surface area contributed by atoms with Crippen LogP contribution in [0.5, 0.6) is 0 Å². The third-order valence-corrected chi connectivity index (χ3v) is 4.20. The summed E-state index contributed by atoms with van der Waals surface area (Å²) in [6.45, 7) is 1.91. The molecule has 3 rings (SSSR count). The van der Waals surface area contributed by atoms with Crippen molar-refractivity contribution in [3.05, 3.63) is 71.5 Å². The molecule has 0 saturated carbocycles. The van der Waals surface area contributed by atoms with E-state index in [1.165, 1.54) is 12.1 Å². The first kappa shape index (κ1) is 15.2. The van der Waals surface area contributed by atoms with E-state index in [1.54, 1.807) is 12.1 Å². The molecule has 5 heteroatoms. The predicted molar refractivity (Wildman–Crippen MR) is 83.9 cm³/mol. The van der Waals surface area contributed by atoms with Gasteiger partial charge in [-0.15, -0.1) is 0 Å². The maximum atomic E-state index is 13.3. The lowest BCUT2D eigenvalue weighted by molar-refractivity contribution is -0.132. The van der Waals surface area contributed by atoms with Gasteiger partial charge in [0.1, 0.15) is 11.4 Å². The predicted octanol–water partition coefficient (Wildman–Crippen LogP) is 3.18. The van der Waals surface area contributed by atoms with E-state index in [4.69, 9.17) is 0 Å². The Morgan fingerprint density at radius 2 is 1.83 bits per heavy atom. The standard InChI is InChI=1S/C18H17FN2O2/c1-2-18(14-8-4-3-5-9-14)16(22)21(17(23)20-18)12-13-7-6-10-15(19)11-13/h3-11H,2,12H2,1H3,(H,20,23)/t18-/m0/s1. The van der Waals surface area contributed by atoms with Crippen LogP contribution in [0.1, 0.15) is 24.5 Å². The fraction of sp³-hybridized carbons (Fsp3) is 0.222. The Morgan fingerprint density at radius 3 is 2.48 bits per heavy atom. The molecule has 4 nitrogen and oxygen atoms in total. The fourth-order valence-corrected chi connectivity index (χ4v) is 2.95. The summed E-state index contributed by atoms with van der Waals surface area (Å²) in [6, 6.07) is 14.6. The number of hydrogen-bond acceptors (Lipinski definition) is 2. The van der Waals surface area contributed by atoms with Crippen molar-refractivity contribution >= 4 is 11.9 Å². The monoisotopic (exact) mass is 312 g/mol. The van der Waals surface area contributed by atoms with Gasteiger partial charge in [-0.2, -0.15) is 0 Å². The smallest absolute Gasteiger partial charge is 0.319 e. The lowest BCUT2D eigenvalue weighted by Crippen LogP contribution is -2.43. The van der Waals surface area contributed by atoms with Crippen LogP contribution in [0.3, 0.4) is 0 Å². The minimum atomic E-state index is -1.05. The highest BCUT2D eigenvalue weighted by Gasteiger charge is 2.50. The van der Waals surface area contributed by atoms with E-state index < -0.39 is 11.6 Å². The number of hydrogen-bond donors (Lipinski definition) is 1. The van der Waals surface area contributed by atoms with Gasteiger partial charge in [-0.1, -0.05) is 49.4 Å². The second-order valence-corrected chi connectivity index (χ2v) is 5.58. The molecule has 2 aromatic rings. The van der Waals surface area contributed by atoms with Crippen LogP contribution in [-0.2, 0) is 16.9 Å². The quantitative estimate of drug-likeness (QED) is 0.882. The summed E-state index contributed by atoms with van der Waals surface area (Å²) in [4.78, 5) is 26.4. The minimum absolute atomic E-state index is 0.0526. The van der Waals surface area contributed by atoms with E-state index in [1.807, 2.05) is 37.3 Å². The number of halogens is 1.